The summed E-state index contributed by atoms with van der Waals surface area (Å²) in [6.07, 6.45) is 1.82. The van der Waals surface area contributed by atoms with Crippen molar-refractivity contribution in [2.24, 2.45) is 5.92 Å². The highest BCUT2D eigenvalue weighted by Crippen LogP contribution is 2.33. The molecule has 2 nitrogen and oxygen atoms in total. The smallest absolute Gasteiger partial charge is 0.226 e. The molecule has 1 aromatic heterocycles. The van der Waals surface area contributed by atoms with Crippen molar-refractivity contribution in [1.82, 2.24) is 4.98 Å². The van der Waals surface area contributed by atoms with Gasteiger partial charge in [0.05, 0.1) is 6.20 Å². The maximum Gasteiger partial charge on any atom is 0.226 e. The van der Waals surface area contributed by atoms with Gasteiger partial charge in [0.25, 0.3) is 0 Å². The van der Waals surface area contributed by atoms with Gasteiger partial charge in [0, 0.05) is 16.0 Å². The molecule has 1 heterocycles. The summed E-state index contributed by atoms with van der Waals surface area (Å²) >= 11 is 5.97. The summed E-state index contributed by atoms with van der Waals surface area (Å²) < 4.78 is 5.88. The van der Waals surface area contributed by atoms with E-state index in [0.29, 0.717) is 16.8 Å². The van der Waals surface area contributed by atoms with Crippen LogP contribution < -0.4 is 0 Å². The predicted molar refractivity (Wildman–Crippen MR) is 74.8 cm³/mol. The zero-order chi connectivity index (χ0) is 13.3. The van der Waals surface area contributed by atoms with Gasteiger partial charge in [-0.1, -0.05) is 45.4 Å². The Kier molecular flexibility index (Phi) is 3.49. The minimum absolute atomic E-state index is 0.0240. The van der Waals surface area contributed by atoms with Crippen molar-refractivity contribution in [3.8, 4) is 11.5 Å². The molecule has 96 valence electrons. The lowest BCUT2D eigenvalue weighted by atomic mass is 9.79. The van der Waals surface area contributed by atoms with Gasteiger partial charge < -0.3 is 4.42 Å². The molecule has 0 radical (unpaired) electrons. The van der Waals surface area contributed by atoms with E-state index in [2.05, 4.69) is 32.7 Å². The largest absolute Gasteiger partial charge is 0.441 e. The Morgan fingerprint density at radius 3 is 2.61 bits per heavy atom. The topological polar surface area (TPSA) is 26.0 Å². The highest BCUT2D eigenvalue weighted by Gasteiger charge is 2.29. The van der Waals surface area contributed by atoms with Crippen LogP contribution in [0.5, 0.6) is 0 Å². The Balaban J connectivity index is 2.37. The first kappa shape index (κ1) is 13.2. The van der Waals surface area contributed by atoms with Crippen LogP contribution in [-0.4, -0.2) is 4.98 Å². The van der Waals surface area contributed by atoms with Crippen LogP contribution >= 0.6 is 11.6 Å². The molecular weight excluding hydrogens is 246 g/mol. The number of halogens is 1. The van der Waals surface area contributed by atoms with Crippen molar-refractivity contribution >= 4 is 11.6 Å². The minimum Gasteiger partial charge on any atom is -0.441 e. The van der Waals surface area contributed by atoms with E-state index in [0.717, 1.165) is 11.3 Å². The number of benzene rings is 1. The fraction of sp³-hybridized carbons (Fsp3) is 0.400. The number of aromatic nitrogens is 1. The molecule has 0 spiro atoms. The van der Waals surface area contributed by atoms with Gasteiger partial charge in [-0.05, 0) is 24.1 Å². The molecule has 0 bridgehead atoms. The van der Waals surface area contributed by atoms with Gasteiger partial charge in [-0.15, -0.1) is 0 Å². The second kappa shape index (κ2) is 4.77. The molecule has 0 aliphatic carbocycles. The standard InChI is InChI=1S/C15H18ClNO/c1-10(2)15(3,4)13-9-17-14(18-13)11-6-5-7-12(16)8-11/h5-10H,1-4H3. The fourth-order valence-corrected chi connectivity index (χ4v) is 1.80. The number of hydrogen-bond acceptors (Lipinski definition) is 2. The fourth-order valence-electron chi connectivity index (χ4n) is 1.61. The van der Waals surface area contributed by atoms with E-state index in [1.807, 2.05) is 30.5 Å². The van der Waals surface area contributed by atoms with E-state index in [9.17, 15) is 0 Å². The van der Waals surface area contributed by atoms with Crippen LogP contribution in [0.1, 0.15) is 33.5 Å². The maximum absolute atomic E-state index is 5.97. The van der Waals surface area contributed by atoms with Crippen molar-refractivity contribution in [2.75, 3.05) is 0 Å². The van der Waals surface area contributed by atoms with Gasteiger partial charge >= 0.3 is 0 Å². The Morgan fingerprint density at radius 2 is 2.00 bits per heavy atom. The minimum atomic E-state index is -0.0240. The van der Waals surface area contributed by atoms with Crippen LogP contribution in [-0.2, 0) is 5.41 Å². The highest BCUT2D eigenvalue weighted by atomic mass is 35.5. The molecule has 18 heavy (non-hydrogen) atoms. The first-order valence-corrected chi connectivity index (χ1v) is 6.51. The summed E-state index contributed by atoms with van der Waals surface area (Å²) in [6, 6.07) is 7.55. The number of rotatable bonds is 3. The Hall–Kier alpha value is -1.28. The zero-order valence-corrected chi connectivity index (χ0v) is 12.0. The molecule has 2 aromatic rings. The first-order chi connectivity index (χ1) is 8.41. The van der Waals surface area contributed by atoms with Gasteiger partial charge in [-0.3, -0.25) is 0 Å². The van der Waals surface area contributed by atoms with E-state index in [4.69, 9.17) is 16.0 Å². The van der Waals surface area contributed by atoms with Gasteiger partial charge in [0.15, 0.2) is 0 Å². The lowest BCUT2D eigenvalue weighted by molar-refractivity contribution is 0.303. The van der Waals surface area contributed by atoms with Crippen molar-refractivity contribution in [3.05, 3.63) is 41.2 Å². The summed E-state index contributed by atoms with van der Waals surface area (Å²) in [4.78, 5) is 4.35. The Morgan fingerprint density at radius 1 is 1.28 bits per heavy atom. The van der Waals surface area contributed by atoms with Crippen LogP contribution in [0.25, 0.3) is 11.5 Å². The second-order valence-electron chi connectivity index (χ2n) is 5.42. The second-order valence-corrected chi connectivity index (χ2v) is 5.85. The van der Waals surface area contributed by atoms with E-state index in [1.54, 1.807) is 0 Å². The summed E-state index contributed by atoms with van der Waals surface area (Å²) in [5, 5.41) is 0.690. The average molecular weight is 264 g/mol. The molecular formula is C15H18ClNO. The summed E-state index contributed by atoms with van der Waals surface area (Å²) in [5.74, 6) is 2.02. The number of nitrogens with zero attached hydrogens (tertiary/aromatic N) is 1. The van der Waals surface area contributed by atoms with Crippen molar-refractivity contribution in [3.63, 3.8) is 0 Å². The van der Waals surface area contributed by atoms with Crippen LogP contribution in [0.4, 0.5) is 0 Å². The molecule has 0 N–H and O–H groups in total. The Bertz CT molecular complexity index is 543. The molecule has 0 amide bonds. The number of oxazole rings is 1. The summed E-state index contributed by atoms with van der Waals surface area (Å²) in [5.41, 5.74) is 0.886. The van der Waals surface area contributed by atoms with Gasteiger partial charge in [-0.25, -0.2) is 4.98 Å². The van der Waals surface area contributed by atoms with Crippen LogP contribution in [0.2, 0.25) is 5.02 Å². The van der Waals surface area contributed by atoms with Gasteiger partial charge in [-0.2, -0.15) is 0 Å². The van der Waals surface area contributed by atoms with E-state index in [-0.39, 0.29) is 5.41 Å². The lowest BCUT2D eigenvalue weighted by Gasteiger charge is -2.25. The quantitative estimate of drug-likeness (QED) is 0.785. The molecule has 0 unspecified atom stereocenters. The van der Waals surface area contributed by atoms with E-state index in [1.165, 1.54) is 0 Å². The van der Waals surface area contributed by atoms with Gasteiger partial charge in [0.1, 0.15) is 5.76 Å². The molecule has 0 aliphatic heterocycles. The monoisotopic (exact) mass is 263 g/mol. The van der Waals surface area contributed by atoms with Gasteiger partial charge in [0.2, 0.25) is 5.89 Å². The number of hydrogen-bond donors (Lipinski definition) is 0. The van der Waals surface area contributed by atoms with Crippen molar-refractivity contribution in [1.29, 1.82) is 0 Å². The summed E-state index contributed by atoms with van der Waals surface area (Å²) in [7, 11) is 0. The molecule has 0 aliphatic rings. The SMILES string of the molecule is CC(C)C(C)(C)c1cnc(-c2cccc(Cl)c2)o1. The average Bonchev–Trinajstić information content (AvgIpc) is 2.78. The summed E-state index contributed by atoms with van der Waals surface area (Å²) in [6.45, 7) is 8.70. The van der Waals surface area contributed by atoms with Crippen LogP contribution in [0, 0.1) is 5.92 Å². The first-order valence-electron chi connectivity index (χ1n) is 6.13. The molecule has 0 fully saturated rings. The van der Waals surface area contributed by atoms with E-state index >= 15 is 0 Å². The third kappa shape index (κ3) is 2.44. The third-order valence-electron chi connectivity index (χ3n) is 3.66. The normalized spacial score (nSPS) is 12.1. The van der Waals surface area contributed by atoms with Crippen molar-refractivity contribution < 1.29 is 4.42 Å². The molecule has 1 aromatic carbocycles. The van der Waals surface area contributed by atoms with Crippen LogP contribution in [0.15, 0.2) is 34.9 Å². The van der Waals surface area contributed by atoms with Crippen molar-refractivity contribution in [2.45, 2.75) is 33.1 Å². The maximum atomic E-state index is 5.97. The molecule has 0 saturated heterocycles. The molecule has 2 rings (SSSR count). The molecule has 0 saturated carbocycles. The van der Waals surface area contributed by atoms with E-state index < -0.39 is 0 Å². The molecule has 3 heteroatoms. The molecule has 0 atom stereocenters. The highest BCUT2D eigenvalue weighted by molar-refractivity contribution is 6.30. The Labute approximate surface area is 113 Å². The third-order valence-corrected chi connectivity index (χ3v) is 3.89. The van der Waals surface area contributed by atoms with Crippen LogP contribution in [0.3, 0.4) is 0 Å². The zero-order valence-electron chi connectivity index (χ0n) is 11.2. The predicted octanol–water partition coefficient (Wildman–Crippen LogP) is 4.93. The lowest BCUT2D eigenvalue weighted by Crippen LogP contribution is -2.23.